The highest BCUT2D eigenvalue weighted by Crippen LogP contribution is 2.31. The van der Waals surface area contributed by atoms with Gasteiger partial charge in [0, 0.05) is 23.1 Å². The maximum Gasteiger partial charge on any atom is 0.263 e. The van der Waals surface area contributed by atoms with Gasteiger partial charge in [0.15, 0.2) is 5.78 Å². The van der Waals surface area contributed by atoms with Crippen molar-refractivity contribution < 1.29 is 13.2 Å². The SMILES string of the molecule is Cc1ccc(-c2csc3ncn(CC(=O)c4ccc(CCNS(C)(=O)=O)cc4)c(=O)c23)cc1C. The van der Waals surface area contributed by atoms with Crippen molar-refractivity contribution in [3.8, 4) is 11.1 Å². The molecule has 0 fully saturated rings. The molecular formula is C25H25N3O4S2. The van der Waals surface area contributed by atoms with Crippen LogP contribution in [0.4, 0.5) is 0 Å². The second kappa shape index (κ2) is 9.61. The van der Waals surface area contributed by atoms with Gasteiger partial charge >= 0.3 is 0 Å². The molecule has 0 radical (unpaired) electrons. The zero-order valence-electron chi connectivity index (χ0n) is 19.2. The number of ketones is 1. The molecule has 0 amide bonds. The van der Waals surface area contributed by atoms with E-state index in [9.17, 15) is 18.0 Å². The molecule has 0 aliphatic rings. The Morgan fingerprint density at radius 2 is 1.82 bits per heavy atom. The third kappa shape index (κ3) is 5.32. The van der Waals surface area contributed by atoms with Gasteiger partial charge < -0.3 is 0 Å². The molecule has 4 rings (SSSR count). The molecule has 0 spiro atoms. The van der Waals surface area contributed by atoms with E-state index in [1.54, 1.807) is 24.3 Å². The molecule has 4 aromatic rings. The van der Waals surface area contributed by atoms with Gasteiger partial charge in [-0.15, -0.1) is 11.3 Å². The topological polar surface area (TPSA) is 98.1 Å². The van der Waals surface area contributed by atoms with Crippen LogP contribution >= 0.6 is 11.3 Å². The predicted octanol–water partition coefficient (Wildman–Crippen LogP) is 3.72. The first-order valence-corrected chi connectivity index (χ1v) is 13.5. The van der Waals surface area contributed by atoms with Crippen molar-refractivity contribution in [3.63, 3.8) is 0 Å². The van der Waals surface area contributed by atoms with Crippen molar-refractivity contribution in [1.82, 2.24) is 14.3 Å². The van der Waals surface area contributed by atoms with E-state index in [1.165, 1.54) is 27.8 Å². The first kappa shape index (κ1) is 24.0. The fourth-order valence-corrected chi connectivity index (χ4v) is 5.07. The highest BCUT2D eigenvalue weighted by atomic mass is 32.2. The van der Waals surface area contributed by atoms with E-state index in [0.29, 0.717) is 22.2 Å². The minimum absolute atomic E-state index is 0.112. The van der Waals surface area contributed by atoms with Gasteiger partial charge in [0.25, 0.3) is 5.56 Å². The molecule has 2 aromatic carbocycles. The van der Waals surface area contributed by atoms with Gasteiger partial charge in [-0.25, -0.2) is 18.1 Å². The van der Waals surface area contributed by atoms with Gasteiger partial charge in [0.2, 0.25) is 10.0 Å². The van der Waals surface area contributed by atoms with Crippen LogP contribution in [0.25, 0.3) is 21.3 Å². The summed E-state index contributed by atoms with van der Waals surface area (Å²) in [5.41, 5.74) is 5.26. The summed E-state index contributed by atoms with van der Waals surface area (Å²) in [6, 6.07) is 13.1. The average Bonchev–Trinajstić information content (AvgIpc) is 3.22. The highest BCUT2D eigenvalue weighted by molar-refractivity contribution is 7.88. The molecule has 1 N–H and O–H groups in total. The molecule has 0 saturated heterocycles. The average molecular weight is 496 g/mol. The lowest BCUT2D eigenvalue weighted by atomic mass is 10.0. The van der Waals surface area contributed by atoms with Gasteiger partial charge in [0.1, 0.15) is 4.83 Å². The second-order valence-corrected chi connectivity index (χ2v) is 11.0. The van der Waals surface area contributed by atoms with E-state index in [2.05, 4.69) is 15.8 Å². The van der Waals surface area contributed by atoms with E-state index in [4.69, 9.17) is 0 Å². The van der Waals surface area contributed by atoms with Gasteiger partial charge in [0.05, 0.1) is 24.5 Å². The first-order chi connectivity index (χ1) is 16.1. The molecule has 0 bridgehead atoms. The zero-order valence-corrected chi connectivity index (χ0v) is 20.8. The number of nitrogens with zero attached hydrogens (tertiary/aromatic N) is 2. The Labute approximate surface area is 202 Å². The first-order valence-electron chi connectivity index (χ1n) is 10.7. The van der Waals surface area contributed by atoms with Crippen molar-refractivity contribution in [3.05, 3.63) is 86.8 Å². The third-order valence-corrected chi connectivity index (χ3v) is 7.36. The second-order valence-electron chi connectivity index (χ2n) is 8.34. The van der Waals surface area contributed by atoms with E-state index >= 15 is 0 Å². The summed E-state index contributed by atoms with van der Waals surface area (Å²) < 4.78 is 26.1. The number of aromatic nitrogens is 2. The normalized spacial score (nSPS) is 11.7. The van der Waals surface area contributed by atoms with Crippen LogP contribution in [-0.2, 0) is 23.0 Å². The fourth-order valence-electron chi connectivity index (χ4n) is 3.69. The van der Waals surface area contributed by atoms with Crippen molar-refractivity contribution in [2.45, 2.75) is 26.8 Å². The molecule has 7 nitrogen and oxygen atoms in total. The molecule has 0 atom stereocenters. The van der Waals surface area contributed by atoms with Gasteiger partial charge in [-0.05, 0) is 42.5 Å². The molecule has 0 saturated carbocycles. The number of benzene rings is 2. The molecule has 2 aromatic heterocycles. The molecule has 9 heteroatoms. The summed E-state index contributed by atoms with van der Waals surface area (Å²) in [4.78, 5) is 31.2. The van der Waals surface area contributed by atoms with Crippen molar-refractivity contribution >= 4 is 37.4 Å². The summed E-state index contributed by atoms with van der Waals surface area (Å²) in [6.07, 6.45) is 3.05. The molecule has 0 unspecified atom stereocenters. The van der Waals surface area contributed by atoms with Crippen LogP contribution in [0.15, 0.2) is 59.0 Å². The Balaban J connectivity index is 1.55. The maximum absolute atomic E-state index is 13.3. The molecular weight excluding hydrogens is 470 g/mol. The number of sulfonamides is 1. The lowest BCUT2D eigenvalue weighted by Crippen LogP contribution is -2.25. The zero-order chi connectivity index (χ0) is 24.5. The summed E-state index contributed by atoms with van der Waals surface area (Å²) in [7, 11) is -3.23. The third-order valence-electron chi connectivity index (χ3n) is 5.75. The van der Waals surface area contributed by atoms with Crippen molar-refractivity contribution in [2.24, 2.45) is 0 Å². The number of aryl methyl sites for hydroxylation is 2. The van der Waals surface area contributed by atoms with Crippen LogP contribution in [0.2, 0.25) is 0 Å². The van der Waals surface area contributed by atoms with Gasteiger partial charge in [-0.1, -0.05) is 42.5 Å². The quantitative estimate of drug-likeness (QED) is 0.376. The van der Waals surface area contributed by atoms with Crippen LogP contribution in [-0.4, -0.2) is 36.6 Å². The summed E-state index contributed by atoms with van der Waals surface area (Å²) >= 11 is 1.41. The number of nitrogens with one attached hydrogen (secondary N) is 1. The largest absolute Gasteiger partial charge is 0.292 e. The monoisotopic (exact) mass is 495 g/mol. The van der Waals surface area contributed by atoms with E-state index in [-0.39, 0.29) is 24.4 Å². The smallest absolute Gasteiger partial charge is 0.263 e. The lowest BCUT2D eigenvalue weighted by Gasteiger charge is -2.08. The number of hydrogen-bond acceptors (Lipinski definition) is 6. The fraction of sp³-hybridized carbons (Fsp3) is 0.240. The maximum atomic E-state index is 13.3. The number of thiophene rings is 1. The Bertz CT molecular complexity index is 1530. The van der Waals surface area contributed by atoms with Crippen LogP contribution in [0.5, 0.6) is 0 Å². The number of carbonyl (C=O) groups is 1. The number of carbonyl (C=O) groups excluding carboxylic acids is 1. The van der Waals surface area contributed by atoms with Crippen LogP contribution < -0.4 is 10.3 Å². The Morgan fingerprint density at radius 3 is 2.50 bits per heavy atom. The Hall–Kier alpha value is -3.14. The van der Waals surface area contributed by atoms with E-state index in [1.807, 2.05) is 31.4 Å². The Kier molecular flexibility index (Phi) is 6.79. The predicted molar refractivity (Wildman–Crippen MR) is 136 cm³/mol. The Morgan fingerprint density at radius 1 is 1.09 bits per heavy atom. The molecule has 0 aliphatic carbocycles. The number of rotatable bonds is 8. The minimum Gasteiger partial charge on any atom is -0.292 e. The van der Waals surface area contributed by atoms with Crippen LogP contribution in [0.3, 0.4) is 0 Å². The standard InChI is InChI=1S/C25H25N3O4S2/c1-16-4-7-20(12-17(16)2)21-14-33-24-23(21)25(30)28(15-26-24)13-22(29)19-8-5-18(6-9-19)10-11-27-34(3,31)32/h4-9,12,14-15,27H,10-11,13H2,1-3H3. The summed E-state index contributed by atoms with van der Waals surface area (Å²) in [6.45, 7) is 4.26. The van der Waals surface area contributed by atoms with Crippen LogP contribution in [0.1, 0.15) is 27.0 Å². The summed E-state index contributed by atoms with van der Waals surface area (Å²) in [5, 5.41) is 2.46. The molecule has 176 valence electrons. The van der Waals surface area contributed by atoms with Crippen molar-refractivity contribution in [1.29, 1.82) is 0 Å². The van der Waals surface area contributed by atoms with Gasteiger partial charge in [-0.2, -0.15) is 0 Å². The number of hydrogen-bond donors (Lipinski definition) is 1. The highest BCUT2D eigenvalue weighted by Gasteiger charge is 2.16. The van der Waals surface area contributed by atoms with Crippen molar-refractivity contribution in [2.75, 3.05) is 12.8 Å². The summed E-state index contributed by atoms with van der Waals surface area (Å²) in [5.74, 6) is -0.202. The molecule has 0 aliphatic heterocycles. The minimum atomic E-state index is -3.23. The lowest BCUT2D eigenvalue weighted by molar-refractivity contribution is 0.0970. The van der Waals surface area contributed by atoms with Crippen LogP contribution in [0, 0.1) is 13.8 Å². The number of Topliss-reactive ketones (excluding diaryl/α,β-unsaturated/α-hetero) is 1. The van der Waals surface area contributed by atoms with E-state index < -0.39 is 10.0 Å². The number of fused-ring (bicyclic) bond motifs is 1. The molecule has 2 heterocycles. The molecule has 34 heavy (non-hydrogen) atoms. The van der Waals surface area contributed by atoms with E-state index in [0.717, 1.165) is 28.5 Å². The van der Waals surface area contributed by atoms with Gasteiger partial charge in [-0.3, -0.25) is 14.2 Å².